The zero-order valence-electron chi connectivity index (χ0n) is 8.95. The Kier molecular flexibility index (Phi) is 6.60. The molecule has 0 aromatic heterocycles. The van der Waals surface area contributed by atoms with Gasteiger partial charge in [0.05, 0.1) is 6.61 Å². The van der Waals surface area contributed by atoms with Crippen LogP contribution in [0.5, 0.6) is 0 Å². The van der Waals surface area contributed by atoms with Crippen molar-refractivity contribution in [3.63, 3.8) is 0 Å². The molecule has 0 spiro atoms. The van der Waals surface area contributed by atoms with Crippen LogP contribution in [0, 0.1) is 0 Å². The van der Waals surface area contributed by atoms with Gasteiger partial charge in [-0.1, -0.05) is 13.8 Å². The van der Waals surface area contributed by atoms with E-state index in [0.29, 0.717) is 6.61 Å². The van der Waals surface area contributed by atoms with Crippen molar-refractivity contribution in [1.29, 1.82) is 0 Å². The van der Waals surface area contributed by atoms with E-state index in [1.54, 1.807) is 11.7 Å². The average Bonchev–Trinajstić information content (AvgIpc) is 2.14. The predicted octanol–water partition coefficient (Wildman–Crippen LogP) is 2.51. The Morgan fingerprint density at radius 3 is 2.31 bits per heavy atom. The smallest absolute Gasteiger partial charge is 0.300 e. The summed E-state index contributed by atoms with van der Waals surface area (Å²) < 4.78 is 23.7. The monoisotopic (exact) mass is 209 g/mol. The Balaban J connectivity index is 4.16. The first kappa shape index (κ1) is 13.1. The van der Waals surface area contributed by atoms with Crippen LogP contribution in [-0.2, 0) is 13.6 Å². The summed E-state index contributed by atoms with van der Waals surface area (Å²) in [6.45, 7) is 5.18. The Hall–Kier alpha value is 0.110. The Morgan fingerprint density at radius 2 is 1.92 bits per heavy atom. The summed E-state index contributed by atoms with van der Waals surface area (Å²) in [6, 6.07) is 0. The topological polar surface area (TPSA) is 38.8 Å². The van der Waals surface area contributed by atoms with Gasteiger partial charge >= 0.3 is 7.75 Å². The first-order valence-electron chi connectivity index (χ1n) is 4.62. The summed E-state index contributed by atoms with van der Waals surface area (Å²) in [7, 11) is 0.182. The molecule has 0 rings (SSSR count). The normalized spacial score (nSPS) is 16.1. The first-order chi connectivity index (χ1) is 6.10. The molecule has 4 nitrogen and oxygen atoms in total. The highest BCUT2D eigenvalue weighted by molar-refractivity contribution is 7.51. The second kappa shape index (κ2) is 6.55. The highest BCUT2D eigenvalue weighted by Gasteiger charge is 2.27. The third-order valence-electron chi connectivity index (χ3n) is 1.65. The van der Waals surface area contributed by atoms with Gasteiger partial charge in [0.25, 0.3) is 0 Å². The molecule has 0 aromatic carbocycles. The third-order valence-corrected chi connectivity index (χ3v) is 3.66. The van der Waals surface area contributed by atoms with Gasteiger partial charge in [-0.05, 0) is 19.9 Å². The highest BCUT2D eigenvalue weighted by atomic mass is 31.2. The fourth-order valence-corrected chi connectivity index (χ4v) is 2.38. The van der Waals surface area contributed by atoms with Crippen LogP contribution < -0.4 is 0 Å². The summed E-state index contributed by atoms with van der Waals surface area (Å²) >= 11 is 0. The minimum absolute atomic E-state index is 0.471. The van der Waals surface area contributed by atoms with Crippen molar-refractivity contribution in [2.45, 2.75) is 26.7 Å². The number of rotatable bonds is 7. The molecule has 0 N–H and O–H groups in total. The van der Waals surface area contributed by atoms with Crippen molar-refractivity contribution < 1.29 is 13.6 Å². The second-order valence-corrected chi connectivity index (χ2v) is 5.11. The van der Waals surface area contributed by atoms with Gasteiger partial charge in [-0.3, -0.25) is 9.05 Å². The van der Waals surface area contributed by atoms with Crippen LogP contribution in [0.25, 0.3) is 0 Å². The van der Waals surface area contributed by atoms with Gasteiger partial charge in [-0.15, -0.1) is 0 Å². The van der Waals surface area contributed by atoms with E-state index < -0.39 is 7.75 Å². The molecule has 0 heterocycles. The maximum atomic E-state index is 11.9. The van der Waals surface area contributed by atoms with E-state index in [2.05, 4.69) is 0 Å². The molecule has 1 unspecified atom stereocenters. The SMILES string of the molecule is CCCOP(=O)(OC)N(C)CCC. The van der Waals surface area contributed by atoms with Crippen molar-refractivity contribution in [3.8, 4) is 0 Å². The fraction of sp³-hybridized carbons (Fsp3) is 1.00. The summed E-state index contributed by atoms with van der Waals surface area (Å²) in [4.78, 5) is 0. The van der Waals surface area contributed by atoms with Gasteiger partial charge in [-0.25, -0.2) is 9.24 Å². The van der Waals surface area contributed by atoms with Crippen LogP contribution >= 0.6 is 7.75 Å². The van der Waals surface area contributed by atoms with E-state index in [-0.39, 0.29) is 0 Å². The molecule has 1 atom stereocenters. The lowest BCUT2D eigenvalue weighted by Crippen LogP contribution is -2.18. The van der Waals surface area contributed by atoms with Gasteiger partial charge in [0.15, 0.2) is 0 Å². The van der Waals surface area contributed by atoms with E-state index in [1.165, 1.54) is 7.11 Å². The summed E-state index contributed by atoms with van der Waals surface area (Å²) in [6.07, 6.45) is 1.77. The molecule has 0 amide bonds. The summed E-state index contributed by atoms with van der Waals surface area (Å²) in [5, 5.41) is 0. The Morgan fingerprint density at radius 1 is 1.31 bits per heavy atom. The Labute approximate surface area is 80.8 Å². The molecule has 0 saturated carbocycles. The fourth-order valence-electron chi connectivity index (χ4n) is 0.943. The maximum Gasteiger partial charge on any atom is 0.407 e. The molecule has 0 aliphatic carbocycles. The van der Waals surface area contributed by atoms with E-state index in [9.17, 15) is 4.57 Å². The first-order valence-corrected chi connectivity index (χ1v) is 6.12. The van der Waals surface area contributed by atoms with Crippen molar-refractivity contribution in [1.82, 2.24) is 4.67 Å². The molecule has 0 aromatic rings. The van der Waals surface area contributed by atoms with Crippen LogP contribution in [0.3, 0.4) is 0 Å². The van der Waals surface area contributed by atoms with Crippen molar-refractivity contribution in [2.75, 3.05) is 27.3 Å². The van der Waals surface area contributed by atoms with Crippen LogP contribution in [-0.4, -0.2) is 32.0 Å². The number of nitrogens with zero attached hydrogens (tertiary/aromatic N) is 1. The lowest BCUT2D eigenvalue weighted by molar-refractivity contribution is 0.189. The third kappa shape index (κ3) is 4.23. The minimum Gasteiger partial charge on any atom is -0.300 e. The zero-order valence-corrected chi connectivity index (χ0v) is 9.84. The van der Waals surface area contributed by atoms with E-state index in [0.717, 1.165) is 19.4 Å². The van der Waals surface area contributed by atoms with E-state index in [1.807, 2.05) is 13.8 Å². The van der Waals surface area contributed by atoms with Crippen LogP contribution in [0.2, 0.25) is 0 Å². The molecule has 13 heavy (non-hydrogen) atoms. The van der Waals surface area contributed by atoms with Crippen molar-refractivity contribution in [2.24, 2.45) is 0 Å². The lowest BCUT2D eigenvalue weighted by atomic mass is 10.5. The molecule has 0 bridgehead atoms. The highest BCUT2D eigenvalue weighted by Crippen LogP contribution is 2.50. The van der Waals surface area contributed by atoms with E-state index in [4.69, 9.17) is 9.05 Å². The molecule has 0 fully saturated rings. The average molecular weight is 209 g/mol. The molecule has 5 heteroatoms. The quantitative estimate of drug-likeness (QED) is 0.604. The Bertz CT molecular complexity index is 175. The van der Waals surface area contributed by atoms with Crippen LogP contribution in [0.15, 0.2) is 0 Å². The van der Waals surface area contributed by atoms with Crippen LogP contribution in [0.1, 0.15) is 26.7 Å². The van der Waals surface area contributed by atoms with Gasteiger partial charge in [-0.2, -0.15) is 0 Å². The van der Waals surface area contributed by atoms with Crippen molar-refractivity contribution >= 4 is 7.75 Å². The standard InChI is InChI=1S/C8H20NO3P/c1-5-7-9(3)13(10,11-4)12-8-6-2/h5-8H2,1-4H3. The van der Waals surface area contributed by atoms with Crippen molar-refractivity contribution in [3.05, 3.63) is 0 Å². The molecule has 0 saturated heterocycles. The van der Waals surface area contributed by atoms with Gasteiger partial charge in [0, 0.05) is 13.7 Å². The predicted molar refractivity (Wildman–Crippen MR) is 53.8 cm³/mol. The van der Waals surface area contributed by atoms with Gasteiger partial charge in [0.1, 0.15) is 0 Å². The number of hydrogen-bond acceptors (Lipinski definition) is 3. The zero-order chi connectivity index (χ0) is 10.3. The number of hydrogen-bond donors (Lipinski definition) is 0. The van der Waals surface area contributed by atoms with Gasteiger partial charge < -0.3 is 0 Å². The summed E-state index contributed by atoms with van der Waals surface area (Å²) in [5.74, 6) is 0. The van der Waals surface area contributed by atoms with Crippen LogP contribution in [0.4, 0.5) is 0 Å². The molecular weight excluding hydrogens is 189 g/mol. The maximum absolute atomic E-state index is 11.9. The minimum atomic E-state index is -2.99. The summed E-state index contributed by atoms with van der Waals surface area (Å²) in [5.41, 5.74) is 0. The van der Waals surface area contributed by atoms with E-state index >= 15 is 0 Å². The molecule has 0 radical (unpaired) electrons. The second-order valence-electron chi connectivity index (χ2n) is 2.87. The van der Waals surface area contributed by atoms with Gasteiger partial charge in [0.2, 0.25) is 0 Å². The molecule has 0 aliphatic rings. The molecule has 0 aliphatic heterocycles. The molecule has 80 valence electrons. The largest absolute Gasteiger partial charge is 0.407 e. The lowest BCUT2D eigenvalue weighted by Gasteiger charge is -2.24. The molecular formula is C8H20NO3P.